The van der Waals surface area contributed by atoms with Crippen LogP contribution in [0.3, 0.4) is 0 Å². The summed E-state index contributed by atoms with van der Waals surface area (Å²) in [5, 5.41) is 0.638. The van der Waals surface area contributed by atoms with Crippen LogP contribution in [0.25, 0.3) is 16.9 Å². The van der Waals surface area contributed by atoms with Crippen molar-refractivity contribution >= 4 is 17.1 Å². The van der Waals surface area contributed by atoms with Crippen LogP contribution in [0.4, 0.5) is 4.39 Å². The molecule has 0 unspecified atom stereocenters. The minimum atomic E-state index is -0.257. The molecule has 1 aromatic carbocycles. The molecule has 0 saturated heterocycles. The minimum absolute atomic E-state index is 0.257. The lowest BCUT2D eigenvalue weighted by atomic mass is 10.2. The molecular formula is C13H8ClFN2. The molecule has 4 heteroatoms. The van der Waals surface area contributed by atoms with Crippen LogP contribution in [-0.4, -0.2) is 9.38 Å². The van der Waals surface area contributed by atoms with Gasteiger partial charge in [0.1, 0.15) is 11.6 Å². The van der Waals surface area contributed by atoms with Crippen LogP contribution in [0.1, 0.15) is 0 Å². The van der Waals surface area contributed by atoms with Crippen molar-refractivity contribution in [3.05, 3.63) is 59.6 Å². The zero-order chi connectivity index (χ0) is 11.8. The molecule has 0 atom stereocenters. The third-order valence-electron chi connectivity index (χ3n) is 2.59. The second kappa shape index (κ2) is 3.86. The molecule has 3 aromatic rings. The number of benzene rings is 1. The van der Waals surface area contributed by atoms with Crippen molar-refractivity contribution in [2.45, 2.75) is 0 Å². The Bertz CT molecular complexity index is 673. The van der Waals surface area contributed by atoms with Crippen LogP contribution in [0.2, 0.25) is 5.02 Å². The number of nitrogens with zero attached hydrogens (tertiary/aromatic N) is 2. The molecule has 3 rings (SSSR count). The Kier molecular flexibility index (Phi) is 2.34. The molecular weight excluding hydrogens is 239 g/mol. The van der Waals surface area contributed by atoms with Gasteiger partial charge >= 0.3 is 0 Å². The SMILES string of the molecule is Fc1ccc(-c2ncc3ccc(Cl)cn23)cc1. The molecule has 0 aliphatic rings. The van der Waals surface area contributed by atoms with E-state index in [4.69, 9.17) is 11.6 Å². The van der Waals surface area contributed by atoms with E-state index in [2.05, 4.69) is 4.98 Å². The highest BCUT2D eigenvalue weighted by Crippen LogP contribution is 2.21. The predicted octanol–water partition coefficient (Wildman–Crippen LogP) is 3.79. The number of rotatable bonds is 1. The molecule has 0 N–H and O–H groups in total. The van der Waals surface area contributed by atoms with E-state index in [0.29, 0.717) is 5.02 Å². The number of hydrogen-bond acceptors (Lipinski definition) is 1. The van der Waals surface area contributed by atoms with E-state index in [1.807, 2.05) is 16.5 Å². The maximum atomic E-state index is 12.9. The van der Waals surface area contributed by atoms with Crippen LogP contribution in [0.15, 0.2) is 48.8 Å². The Morgan fingerprint density at radius 3 is 2.59 bits per heavy atom. The Labute approximate surface area is 102 Å². The van der Waals surface area contributed by atoms with Crippen molar-refractivity contribution in [2.75, 3.05) is 0 Å². The van der Waals surface area contributed by atoms with Crippen molar-refractivity contribution in [3.63, 3.8) is 0 Å². The highest BCUT2D eigenvalue weighted by atomic mass is 35.5. The van der Waals surface area contributed by atoms with Crippen LogP contribution in [-0.2, 0) is 0 Å². The van der Waals surface area contributed by atoms with Gasteiger partial charge in [0, 0.05) is 11.8 Å². The lowest BCUT2D eigenvalue weighted by Crippen LogP contribution is -1.89. The van der Waals surface area contributed by atoms with Crippen LogP contribution < -0.4 is 0 Å². The molecule has 0 spiro atoms. The summed E-state index contributed by atoms with van der Waals surface area (Å²) >= 11 is 5.95. The molecule has 17 heavy (non-hydrogen) atoms. The number of aromatic nitrogens is 2. The monoisotopic (exact) mass is 246 g/mol. The van der Waals surface area contributed by atoms with Gasteiger partial charge in [-0.15, -0.1) is 0 Å². The standard InChI is InChI=1S/C13H8ClFN2/c14-10-3-6-12-7-16-13(17(12)8-10)9-1-4-11(15)5-2-9/h1-8H. The molecule has 0 fully saturated rings. The van der Waals surface area contributed by atoms with Gasteiger partial charge in [-0.3, -0.25) is 4.40 Å². The number of imidazole rings is 1. The van der Waals surface area contributed by atoms with Gasteiger partial charge < -0.3 is 0 Å². The first kappa shape index (κ1) is 10.3. The maximum absolute atomic E-state index is 12.9. The fourth-order valence-electron chi connectivity index (χ4n) is 1.78. The summed E-state index contributed by atoms with van der Waals surface area (Å²) in [6, 6.07) is 9.94. The first-order chi connectivity index (χ1) is 8.24. The van der Waals surface area contributed by atoms with E-state index in [0.717, 1.165) is 16.9 Å². The topological polar surface area (TPSA) is 17.3 Å². The second-order valence-corrected chi connectivity index (χ2v) is 4.17. The highest BCUT2D eigenvalue weighted by Gasteiger charge is 2.06. The molecule has 0 aliphatic carbocycles. The molecule has 2 nitrogen and oxygen atoms in total. The largest absolute Gasteiger partial charge is 0.298 e. The second-order valence-electron chi connectivity index (χ2n) is 3.73. The Balaban J connectivity index is 2.23. The Morgan fingerprint density at radius 1 is 1.06 bits per heavy atom. The first-order valence-electron chi connectivity index (χ1n) is 5.12. The quantitative estimate of drug-likeness (QED) is 0.639. The van der Waals surface area contributed by atoms with Crippen LogP contribution >= 0.6 is 11.6 Å². The van der Waals surface area contributed by atoms with E-state index in [9.17, 15) is 4.39 Å². The summed E-state index contributed by atoms with van der Waals surface area (Å²) in [5.41, 5.74) is 1.81. The van der Waals surface area contributed by atoms with E-state index < -0.39 is 0 Å². The number of hydrogen-bond donors (Lipinski definition) is 0. The average Bonchev–Trinajstić information content (AvgIpc) is 2.73. The van der Waals surface area contributed by atoms with Gasteiger partial charge in [0.25, 0.3) is 0 Å². The summed E-state index contributed by atoms with van der Waals surface area (Å²) < 4.78 is 14.7. The zero-order valence-electron chi connectivity index (χ0n) is 8.77. The van der Waals surface area contributed by atoms with Gasteiger partial charge in [0.15, 0.2) is 0 Å². The fraction of sp³-hybridized carbons (Fsp3) is 0. The van der Waals surface area contributed by atoms with Crippen molar-refractivity contribution in [1.29, 1.82) is 0 Å². The summed E-state index contributed by atoms with van der Waals surface area (Å²) in [7, 11) is 0. The van der Waals surface area contributed by atoms with Gasteiger partial charge in [0.05, 0.1) is 16.7 Å². The van der Waals surface area contributed by atoms with E-state index in [1.54, 1.807) is 24.5 Å². The number of halogens is 2. The average molecular weight is 247 g/mol. The molecule has 84 valence electrons. The lowest BCUT2D eigenvalue weighted by molar-refractivity contribution is 0.628. The lowest BCUT2D eigenvalue weighted by Gasteiger charge is -2.01. The molecule has 0 amide bonds. The Hall–Kier alpha value is -1.87. The van der Waals surface area contributed by atoms with Crippen molar-refractivity contribution < 1.29 is 4.39 Å². The molecule has 0 radical (unpaired) electrons. The summed E-state index contributed by atoms with van der Waals surface area (Å²) in [4.78, 5) is 4.32. The normalized spacial score (nSPS) is 10.9. The number of fused-ring (bicyclic) bond motifs is 1. The molecule has 0 bridgehead atoms. The van der Waals surface area contributed by atoms with Gasteiger partial charge in [-0.25, -0.2) is 9.37 Å². The molecule has 2 heterocycles. The third-order valence-corrected chi connectivity index (χ3v) is 2.82. The highest BCUT2D eigenvalue weighted by molar-refractivity contribution is 6.30. The molecule has 0 aliphatic heterocycles. The van der Waals surface area contributed by atoms with Gasteiger partial charge in [-0.1, -0.05) is 11.6 Å². The van der Waals surface area contributed by atoms with E-state index in [-0.39, 0.29) is 5.82 Å². The van der Waals surface area contributed by atoms with Crippen LogP contribution in [0.5, 0.6) is 0 Å². The van der Waals surface area contributed by atoms with Crippen molar-refractivity contribution in [2.24, 2.45) is 0 Å². The first-order valence-corrected chi connectivity index (χ1v) is 5.50. The molecule has 2 aromatic heterocycles. The van der Waals surface area contributed by atoms with Crippen LogP contribution in [0, 0.1) is 5.82 Å². The van der Waals surface area contributed by atoms with Crippen molar-refractivity contribution in [3.8, 4) is 11.4 Å². The maximum Gasteiger partial charge on any atom is 0.144 e. The van der Waals surface area contributed by atoms with Gasteiger partial charge in [-0.2, -0.15) is 0 Å². The zero-order valence-corrected chi connectivity index (χ0v) is 9.53. The summed E-state index contributed by atoms with van der Waals surface area (Å²) in [5.74, 6) is 0.496. The molecule has 0 saturated carbocycles. The summed E-state index contributed by atoms with van der Waals surface area (Å²) in [6.45, 7) is 0. The third kappa shape index (κ3) is 1.78. The fourth-order valence-corrected chi connectivity index (χ4v) is 1.94. The van der Waals surface area contributed by atoms with Gasteiger partial charge in [-0.05, 0) is 36.4 Å². The van der Waals surface area contributed by atoms with Crippen molar-refractivity contribution in [1.82, 2.24) is 9.38 Å². The van der Waals surface area contributed by atoms with E-state index in [1.165, 1.54) is 12.1 Å². The smallest absolute Gasteiger partial charge is 0.144 e. The number of pyridine rings is 1. The van der Waals surface area contributed by atoms with Gasteiger partial charge in [0.2, 0.25) is 0 Å². The Morgan fingerprint density at radius 2 is 1.82 bits per heavy atom. The minimum Gasteiger partial charge on any atom is -0.298 e. The predicted molar refractivity (Wildman–Crippen MR) is 65.6 cm³/mol. The summed E-state index contributed by atoms with van der Waals surface area (Å²) in [6.07, 6.45) is 3.55. The van der Waals surface area contributed by atoms with E-state index >= 15 is 0 Å².